The summed E-state index contributed by atoms with van der Waals surface area (Å²) in [6.07, 6.45) is 0.740. The molecule has 18 heavy (non-hydrogen) atoms. The minimum absolute atomic E-state index is 0.00458. The summed E-state index contributed by atoms with van der Waals surface area (Å²) in [4.78, 5) is 0. The van der Waals surface area contributed by atoms with Gasteiger partial charge in [-0.15, -0.1) is 0 Å². The molecule has 1 atom stereocenters. The summed E-state index contributed by atoms with van der Waals surface area (Å²) in [5, 5.41) is 3.43. The predicted octanol–water partition coefficient (Wildman–Crippen LogP) is 2.35. The van der Waals surface area contributed by atoms with E-state index in [0.29, 0.717) is 0 Å². The molecule has 0 bridgehead atoms. The van der Waals surface area contributed by atoms with Gasteiger partial charge in [0.25, 0.3) is 0 Å². The van der Waals surface area contributed by atoms with Crippen LogP contribution < -0.4 is 10.1 Å². The second kappa shape index (κ2) is 8.08. The molecule has 0 heterocycles. The second-order valence-electron chi connectivity index (χ2n) is 4.05. The monoisotopic (exact) mass is 253 g/mol. The van der Waals surface area contributed by atoms with E-state index in [2.05, 4.69) is 12.2 Å². The molecule has 0 aliphatic heterocycles. The minimum atomic E-state index is -0.316. The SMILES string of the molecule is CCCNC(c1cccc(OC)c1)C(OC)OC. The van der Waals surface area contributed by atoms with Crippen molar-refractivity contribution < 1.29 is 14.2 Å². The lowest BCUT2D eigenvalue weighted by molar-refractivity contribution is -0.124. The van der Waals surface area contributed by atoms with Crippen molar-refractivity contribution in [3.05, 3.63) is 29.8 Å². The van der Waals surface area contributed by atoms with Gasteiger partial charge in [0.2, 0.25) is 0 Å². The maximum atomic E-state index is 5.36. The lowest BCUT2D eigenvalue weighted by Gasteiger charge is -2.26. The molecule has 0 aliphatic rings. The topological polar surface area (TPSA) is 39.7 Å². The van der Waals surface area contributed by atoms with E-state index in [9.17, 15) is 0 Å². The third kappa shape index (κ3) is 3.98. The summed E-state index contributed by atoms with van der Waals surface area (Å²) in [5.41, 5.74) is 1.09. The van der Waals surface area contributed by atoms with Crippen LogP contribution in [0.4, 0.5) is 0 Å². The highest BCUT2D eigenvalue weighted by Crippen LogP contribution is 2.23. The Kier molecular flexibility index (Phi) is 6.72. The Morgan fingerprint density at radius 1 is 1.17 bits per heavy atom. The quantitative estimate of drug-likeness (QED) is 0.722. The molecule has 4 nitrogen and oxygen atoms in total. The molecular formula is C14H23NO3. The molecule has 0 radical (unpaired) electrons. The van der Waals surface area contributed by atoms with E-state index in [0.717, 1.165) is 24.3 Å². The summed E-state index contributed by atoms with van der Waals surface area (Å²) in [6, 6.07) is 7.93. The molecular weight excluding hydrogens is 230 g/mol. The summed E-state index contributed by atoms with van der Waals surface area (Å²) >= 11 is 0. The van der Waals surface area contributed by atoms with Gasteiger partial charge >= 0.3 is 0 Å². The number of methoxy groups -OCH3 is 3. The van der Waals surface area contributed by atoms with Crippen molar-refractivity contribution in [2.45, 2.75) is 25.7 Å². The number of nitrogens with one attached hydrogen (secondary N) is 1. The van der Waals surface area contributed by atoms with E-state index in [1.54, 1.807) is 21.3 Å². The largest absolute Gasteiger partial charge is 0.497 e. The molecule has 1 unspecified atom stereocenters. The molecule has 1 aromatic rings. The fourth-order valence-electron chi connectivity index (χ4n) is 1.87. The van der Waals surface area contributed by atoms with Crippen LogP contribution in [0.1, 0.15) is 24.9 Å². The fourth-order valence-corrected chi connectivity index (χ4v) is 1.87. The summed E-state index contributed by atoms with van der Waals surface area (Å²) < 4.78 is 16.0. The standard InChI is InChI=1S/C14H23NO3/c1-5-9-15-13(14(17-3)18-4)11-7-6-8-12(10-11)16-2/h6-8,10,13-15H,5,9H2,1-4H3. The van der Waals surface area contributed by atoms with Crippen molar-refractivity contribution in [2.24, 2.45) is 0 Å². The van der Waals surface area contributed by atoms with Gasteiger partial charge in [-0.1, -0.05) is 19.1 Å². The summed E-state index contributed by atoms with van der Waals surface area (Å²) in [6.45, 7) is 3.04. The summed E-state index contributed by atoms with van der Waals surface area (Å²) in [7, 11) is 4.96. The van der Waals surface area contributed by atoms with Crippen molar-refractivity contribution in [1.82, 2.24) is 5.32 Å². The van der Waals surface area contributed by atoms with E-state index in [1.165, 1.54) is 0 Å². The predicted molar refractivity (Wildman–Crippen MR) is 71.8 cm³/mol. The lowest BCUT2D eigenvalue weighted by atomic mass is 10.1. The van der Waals surface area contributed by atoms with Crippen LogP contribution in [0.25, 0.3) is 0 Å². The van der Waals surface area contributed by atoms with E-state index in [4.69, 9.17) is 14.2 Å². The third-order valence-corrected chi connectivity index (χ3v) is 2.80. The van der Waals surface area contributed by atoms with Crippen LogP contribution in [-0.4, -0.2) is 34.2 Å². The van der Waals surface area contributed by atoms with Crippen LogP contribution in [-0.2, 0) is 9.47 Å². The zero-order valence-corrected chi connectivity index (χ0v) is 11.6. The Balaban J connectivity index is 2.92. The highest BCUT2D eigenvalue weighted by Gasteiger charge is 2.22. The molecule has 0 amide bonds. The second-order valence-corrected chi connectivity index (χ2v) is 4.05. The smallest absolute Gasteiger partial charge is 0.176 e. The first-order valence-electron chi connectivity index (χ1n) is 6.19. The highest BCUT2D eigenvalue weighted by molar-refractivity contribution is 5.30. The maximum Gasteiger partial charge on any atom is 0.176 e. The van der Waals surface area contributed by atoms with Gasteiger partial charge in [-0.25, -0.2) is 0 Å². The molecule has 0 aliphatic carbocycles. The Hall–Kier alpha value is -1.10. The maximum absolute atomic E-state index is 5.36. The van der Waals surface area contributed by atoms with E-state index < -0.39 is 0 Å². The van der Waals surface area contributed by atoms with Gasteiger partial charge in [-0.3, -0.25) is 0 Å². The third-order valence-electron chi connectivity index (χ3n) is 2.80. The van der Waals surface area contributed by atoms with E-state index in [-0.39, 0.29) is 12.3 Å². The average molecular weight is 253 g/mol. The Bertz CT molecular complexity index is 340. The van der Waals surface area contributed by atoms with E-state index in [1.807, 2.05) is 24.3 Å². The molecule has 0 spiro atoms. The van der Waals surface area contributed by atoms with E-state index >= 15 is 0 Å². The highest BCUT2D eigenvalue weighted by atomic mass is 16.7. The van der Waals surface area contributed by atoms with Gasteiger partial charge in [0.1, 0.15) is 5.75 Å². The van der Waals surface area contributed by atoms with Crippen LogP contribution >= 0.6 is 0 Å². The molecule has 0 aromatic heterocycles. The molecule has 0 saturated carbocycles. The van der Waals surface area contributed by atoms with Gasteiger partial charge in [-0.2, -0.15) is 0 Å². The van der Waals surface area contributed by atoms with Crippen molar-refractivity contribution in [3.8, 4) is 5.75 Å². The van der Waals surface area contributed by atoms with Crippen molar-refractivity contribution in [2.75, 3.05) is 27.9 Å². The first-order valence-corrected chi connectivity index (χ1v) is 6.19. The van der Waals surface area contributed by atoms with Crippen LogP contribution in [0.3, 0.4) is 0 Å². The minimum Gasteiger partial charge on any atom is -0.497 e. The number of hydrogen-bond acceptors (Lipinski definition) is 4. The Morgan fingerprint density at radius 2 is 1.89 bits per heavy atom. The van der Waals surface area contributed by atoms with Crippen molar-refractivity contribution in [3.63, 3.8) is 0 Å². The van der Waals surface area contributed by atoms with Gasteiger partial charge in [0, 0.05) is 14.2 Å². The first kappa shape index (κ1) is 15.0. The fraction of sp³-hybridized carbons (Fsp3) is 0.571. The molecule has 1 aromatic carbocycles. The first-order chi connectivity index (χ1) is 8.76. The zero-order valence-electron chi connectivity index (χ0n) is 11.6. The van der Waals surface area contributed by atoms with Crippen LogP contribution in [0, 0.1) is 0 Å². The molecule has 1 N–H and O–H groups in total. The average Bonchev–Trinajstić information content (AvgIpc) is 2.43. The number of rotatable bonds is 8. The Morgan fingerprint density at radius 3 is 2.44 bits per heavy atom. The van der Waals surface area contributed by atoms with Crippen LogP contribution in [0.5, 0.6) is 5.75 Å². The lowest BCUT2D eigenvalue weighted by Crippen LogP contribution is -2.35. The number of benzene rings is 1. The van der Waals surface area contributed by atoms with Gasteiger partial charge in [0.05, 0.1) is 13.2 Å². The molecule has 0 saturated heterocycles. The summed E-state index contributed by atoms with van der Waals surface area (Å²) in [5.74, 6) is 0.835. The normalized spacial score (nSPS) is 12.7. The number of ether oxygens (including phenoxy) is 3. The van der Waals surface area contributed by atoms with Crippen LogP contribution in [0.15, 0.2) is 24.3 Å². The molecule has 102 valence electrons. The van der Waals surface area contributed by atoms with Gasteiger partial charge < -0.3 is 19.5 Å². The van der Waals surface area contributed by atoms with Crippen LogP contribution in [0.2, 0.25) is 0 Å². The van der Waals surface area contributed by atoms with Gasteiger partial charge in [0.15, 0.2) is 6.29 Å². The van der Waals surface area contributed by atoms with Crippen molar-refractivity contribution in [1.29, 1.82) is 0 Å². The Labute approximate surface area is 109 Å². The molecule has 0 fully saturated rings. The molecule has 4 heteroatoms. The number of hydrogen-bond donors (Lipinski definition) is 1. The van der Waals surface area contributed by atoms with Crippen molar-refractivity contribution >= 4 is 0 Å². The van der Waals surface area contributed by atoms with Gasteiger partial charge in [-0.05, 0) is 30.7 Å². The molecule has 1 rings (SSSR count). The zero-order chi connectivity index (χ0) is 13.4.